The van der Waals surface area contributed by atoms with Crippen LogP contribution in [0.3, 0.4) is 0 Å². The number of hydrogen-bond donors (Lipinski definition) is 1. The lowest BCUT2D eigenvalue weighted by molar-refractivity contribution is 0.0596. The van der Waals surface area contributed by atoms with E-state index >= 15 is 0 Å². The number of piperidine rings is 1. The molecular weight excluding hydrogens is 196 g/mol. The fourth-order valence-corrected chi connectivity index (χ4v) is 3.38. The minimum Gasteiger partial charge on any atom is -0.329 e. The smallest absolute Gasteiger partial charge is 0.0246 e. The number of rotatable bonds is 4. The molecule has 0 bridgehead atoms. The van der Waals surface area contributed by atoms with E-state index in [0.717, 1.165) is 24.3 Å². The Balaban J connectivity index is 1.82. The maximum absolute atomic E-state index is 5.97. The van der Waals surface area contributed by atoms with Crippen LogP contribution in [-0.4, -0.2) is 30.6 Å². The molecule has 0 aromatic rings. The van der Waals surface area contributed by atoms with Crippen molar-refractivity contribution < 1.29 is 0 Å². The molecule has 1 atom stereocenters. The summed E-state index contributed by atoms with van der Waals surface area (Å²) in [6, 6.07) is 0.696. The predicted molar refractivity (Wildman–Crippen MR) is 69.3 cm³/mol. The van der Waals surface area contributed by atoms with E-state index in [-0.39, 0.29) is 0 Å². The van der Waals surface area contributed by atoms with Gasteiger partial charge in [0.05, 0.1) is 0 Å². The summed E-state index contributed by atoms with van der Waals surface area (Å²) in [5.41, 5.74) is 5.97. The summed E-state index contributed by atoms with van der Waals surface area (Å²) in [5.74, 6) is 2.74. The second-order valence-corrected chi connectivity index (χ2v) is 6.11. The molecule has 2 rings (SSSR count). The van der Waals surface area contributed by atoms with Gasteiger partial charge >= 0.3 is 0 Å². The Morgan fingerprint density at radius 2 is 1.69 bits per heavy atom. The van der Waals surface area contributed by atoms with E-state index in [1.165, 1.54) is 45.2 Å². The van der Waals surface area contributed by atoms with Gasteiger partial charge in [-0.1, -0.05) is 20.3 Å². The molecule has 0 spiro atoms. The lowest BCUT2D eigenvalue weighted by Gasteiger charge is -2.44. The molecule has 2 aliphatic rings. The Morgan fingerprint density at radius 3 is 2.06 bits per heavy atom. The van der Waals surface area contributed by atoms with Crippen LogP contribution in [0, 0.1) is 17.8 Å². The zero-order chi connectivity index (χ0) is 11.5. The molecule has 2 heteroatoms. The van der Waals surface area contributed by atoms with E-state index in [0.29, 0.717) is 6.04 Å². The average Bonchev–Trinajstić information content (AvgIpc) is 2.23. The van der Waals surface area contributed by atoms with Gasteiger partial charge in [-0.25, -0.2) is 0 Å². The quantitative estimate of drug-likeness (QED) is 0.795. The first-order chi connectivity index (χ1) is 7.72. The fraction of sp³-hybridized carbons (Fsp3) is 1.00. The third kappa shape index (κ3) is 2.60. The highest BCUT2D eigenvalue weighted by Gasteiger charge is 2.33. The van der Waals surface area contributed by atoms with Crippen molar-refractivity contribution >= 4 is 0 Å². The number of hydrogen-bond acceptors (Lipinski definition) is 2. The monoisotopic (exact) mass is 224 g/mol. The van der Waals surface area contributed by atoms with Crippen LogP contribution in [-0.2, 0) is 0 Å². The Morgan fingerprint density at radius 1 is 1.06 bits per heavy atom. The second kappa shape index (κ2) is 5.50. The molecule has 1 aliphatic heterocycles. The maximum Gasteiger partial charge on any atom is 0.0246 e. The van der Waals surface area contributed by atoms with Crippen molar-refractivity contribution in [2.45, 2.75) is 52.0 Å². The van der Waals surface area contributed by atoms with Gasteiger partial charge in [0.2, 0.25) is 0 Å². The van der Waals surface area contributed by atoms with Crippen molar-refractivity contribution in [2.75, 3.05) is 19.6 Å². The van der Waals surface area contributed by atoms with Crippen LogP contribution in [0.4, 0.5) is 0 Å². The van der Waals surface area contributed by atoms with Gasteiger partial charge < -0.3 is 5.73 Å². The molecule has 94 valence electrons. The summed E-state index contributed by atoms with van der Waals surface area (Å²) in [5, 5.41) is 0. The van der Waals surface area contributed by atoms with Crippen LogP contribution < -0.4 is 5.73 Å². The SMILES string of the molecule is CC(C)C1CCN(C(CN)C2CCC2)CC1. The summed E-state index contributed by atoms with van der Waals surface area (Å²) in [6.07, 6.45) is 7.06. The summed E-state index contributed by atoms with van der Waals surface area (Å²) >= 11 is 0. The van der Waals surface area contributed by atoms with Gasteiger partial charge in [0.1, 0.15) is 0 Å². The molecule has 16 heavy (non-hydrogen) atoms. The van der Waals surface area contributed by atoms with Crippen molar-refractivity contribution in [3.8, 4) is 0 Å². The van der Waals surface area contributed by atoms with Crippen LogP contribution in [0.1, 0.15) is 46.0 Å². The van der Waals surface area contributed by atoms with E-state index in [9.17, 15) is 0 Å². The molecule has 1 unspecified atom stereocenters. The fourth-order valence-electron chi connectivity index (χ4n) is 3.38. The van der Waals surface area contributed by atoms with E-state index in [1.54, 1.807) is 0 Å². The molecule has 1 heterocycles. The van der Waals surface area contributed by atoms with Crippen molar-refractivity contribution in [3.63, 3.8) is 0 Å². The van der Waals surface area contributed by atoms with Crippen LogP contribution in [0.2, 0.25) is 0 Å². The standard InChI is InChI=1S/C14H28N2/c1-11(2)12-6-8-16(9-7-12)14(10-15)13-4-3-5-13/h11-14H,3-10,15H2,1-2H3. The van der Waals surface area contributed by atoms with E-state index < -0.39 is 0 Å². The van der Waals surface area contributed by atoms with Gasteiger partial charge in [-0.15, -0.1) is 0 Å². The van der Waals surface area contributed by atoms with Crippen molar-refractivity contribution in [1.82, 2.24) is 4.90 Å². The largest absolute Gasteiger partial charge is 0.329 e. The third-order valence-corrected chi connectivity index (χ3v) is 4.92. The normalized spacial score (nSPS) is 27.0. The average molecular weight is 224 g/mol. The topological polar surface area (TPSA) is 29.3 Å². The second-order valence-electron chi connectivity index (χ2n) is 6.11. The Kier molecular flexibility index (Phi) is 4.26. The highest BCUT2D eigenvalue weighted by Crippen LogP contribution is 2.34. The minimum absolute atomic E-state index is 0.696. The Labute approximate surface area is 101 Å². The lowest BCUT2D eigenvalue weighted by atomic mass is 9.77. The molecule has 0 radical (unpaired) electrons. The molecule has 0 aromatic heterocycles. The Bertz CT molecular complexity index is 203. The lowest BCUT2D eigenvalue weighted by Crippen LogP contribution is -2.51. The summed E-state index contributed by atoms with van der Waals surface area (Å²) in [4.78, 5) is 2.68. The van der Waals surface area contributed by atoms with Crippen LogP contribution in [0.15, 0.2) is 0 Å². The van der Waals surface area contributed by atoms with Gasteiger partial charge in [0, 0.05) is 12.6 Å². The molecule has 2 fully saturated rings. The number of nitrogens with two attached hydrogens (primary N) is 1. The maximum atomic E-state index is 5.97. The Hall–Kier alpha value is -0.0800. The van der Waals surface area contributed by atoms with Crippen LogP contribution in [0.5, 0.6) is 0 Å². The zero-order valence-corrected chi connectivity index (χ0v) is 11.0. The molecule has 0 aromatic carbocycles. The number of nitrogens with zero attached hydrogens (tertiary/aromatic N) is 1. The van der Waals surface area contributed by atoms with E-state index in [1.807, 2.05) is 0 Å². The van der Waals surface area contributed by atoms with E-state index in [4.69, 9.17) is 5.73 Å². The number of likely N-dealkylation sites (tertiary alicyclic amines) is 1. The van der Waals surface area contributed by atoms with Gasteiger partial charge in [0.25, 0.3) is 0 Å². The highest BCUT2D eigenvalue weighted by atomic mass is 15.2. The molecule has 2 N–H and O–H groups in total. The first-order valence-corrected chi connectivity index (χ1v) is 7.16. The van der Waals surface area contributed by atoms with Crippen molar-refractivity contribution in [2.24, 2.45) is 23.5 Å². The van der Waals surface area contributed by atoms with Gasteiger partial charge in [-0.3, -0.25) is 4.90 Å². The molecule has 1 aliphatic carbocycles. The van der Waals surface area contributed by atoms with Crippen molar-refractivity contribution in [1.29, 1.82) is 0 Å². The minimum atomic E-state index is 0.696. The van der Waals surface area contributed by atoms with Crippen LogP contribution >= 0.6 is 0 Å². The predicted octanol–water partition coefficient (Wildman–Crippen LogP) is 2.48. The third-order valence-electron chi connectivity index (χ3n) is 4.92. The highest BCUT2D eigenvalue weighted by molar-refractivity contribution is 4.88. The first-order valence-electron chi connectivity index (χ1n) is 7.16. The first kappa shape index (κ1) is 12.4. The molecule has 1 saturated heterocycles. The van der Waals surface area contributed by atoms with E-state index in [2.05, 4.69) is 18.7 Å². The molecular formula is C14H28N2. The van der Waals surface area contributed by atoms with Gasteiger partial charge in [0.15, 0.2) is 0 Å². The summed E-state index contributed by atoms with van der Waals surface area (Å²) in [7, 11) is 0. The molecule has 0 amide bonds. The summed E-state index contributed by atoms with van der Waals surface area (Å²) in [6.45, 7) is 8.19. The van der Waals surface area contributed by atoms with Crippen molar-refractivity contribution in [3.05, 3.63) is 0 Å². The summed E-state index contributed by atoms with van der Waals surface area (Å²) < 4.78 is 0. The van der Waals surface area contributed by atoms with Gasteiger partial charge in [-0.05, 0) is 56.5 Å². The zero-order valence-electron chi connectivity index (χ0n) is 11.0. The van der Waals surface area contributed by atoms with Gasteiger partial charge in [-0.2, -0.15) is 0 Å². The molecule has 2 nitrogen and oxygen atoms in total. The van der Waals surface area contributed by atoms with Crippen LogP contribution in [0.25, 0.3) is 0 Å². The molecule has 1 saturated carbocycles.